The summed E-state index contributed by atoms with van der Waals surface area (Å²) in [7, 11) is 0. The Hall–Kier alpha value is -1.78. The summed E-state index contributed by atoms with van der Waals surface area (Å²) in [5.41, 5.74) is 7.21. The average Bonchev–Trinajstić information content (AvgIpc) is 3.23. The molecule has 0 aliphatic heterocycles. The van der Waals surface area contributed by atoms with Gasteiger partial charge in [0.05, 0.1) is 0 Å². The third-order valence-corrected chi connectivity index (χ3v) is 3.19. The Morgan fingerprint density at radius 3 is 3.00 bits per heavy atom. The van der Waals surface area contributed by atoms with E-state index < -0.39 is 0 Å². The average molecular weight is 248 g/mol. The first-order valence-corrected chi connectivity index (χ1v) is 6.47. The number of anilines is 1. The number of hydrogen-bond donors (Lipinski definition) is 2. The van der Waals surface area contributed by atoms with E-state index in [4.69, 9.17) is 10.9 Å². The standard InChI is InChI=1S/C13H20N4O/c1-2-3-8-17(10-4-5-10)11-6-7-15-12(9-11)13(14)16-18/h6-7,9-10,18H,2-5,8H2,1H3,(H2,14,16). The van der Waals surface area contributed by atoms with Gasteiger partial charge in [0, 0.05) is 24.5 Å². The van der Waals surface area contributed by atoms with Gasteiger partial charge in [-0.25, -0.2) is 0 Å². The molecule has 2 rings (SSSR count). The summed E-state index contributed by atoms with van der Waals surface area (Å²) in [6.45, 7) is 3.25. The molecule has 1 aliphatic carbocycles. The molecule has 0 amide bonds. The van der Waals surface area contributed by atoms with Crippen LogP contribution in [0.4, 0.5) is 5.69 Å². The van der Waals surface area contributed by atoms with Crippen LogP contribution >= 0.6 is 0 Å². The zero-order chi connectivity index (χ0) is 13.0. The van der Waals surface area contributed by atoms with Crippen LogP contribution in [0.3, 0.4) is 0 Å². The van der Waals surface area contributed by atoms with Gasteiger partial charge in [-0.05, 0) is 31.4 Å². The van der Waals surface area contributed by atoms with Gasteiger partial charge in [0.25, 0.3) is 0 Å². The molecule has 1 saturated carbocycles. The maximum Gasteiger partial charge on any atom is 0.188 e. The highest BCUT2D eigenvalue weighted by molar-refractivity contribution is 5.95. The lowest BCUT2D eigenvalue weighted by molar-refractivity contribution is 0.318. The monoisotopic (exact) mass is 248 g/mol. The van der Waals surface area contributed by atoms with E-state index in [1.165, 1.54) is 25.7 Å². The van der Waals surface area contributed by atoms with Crippen molar-refractivity contribution in [3.63, 3.8) is 0 Å². The number of aromatic nitrogens is 1. The summed E-state index contributed by atoms with van der Waals surface area (Å²) in [4.78, 5) is 6.51. The van der Waals surface area contributed by atoms with Crippen LogP contribution in [0, 0.1) is 0 Å². The number of pyridine rings is 1. The Bertz CT molecular complexity index is 429. The lowest BCUT2D eigenvalue weighted by Gasteiger charge is -2.24. The molecule has 0 spiro atoms. The number of amidine groups is 1. The van der Waals surface area contributed by atoms with Crippen LogP contribution in [-0.4, -0.2) is 28.6 Å². The summed E-state index contributed by atoms with van der Waals surface area (Å²) >= 11 is 0. The molecule has 18 heavy (non-hydrogen) atoms. The second-order valence-corrected chi connectivity index (χ2v) is 4.66. The molecule has 0 unspecified atom stereocenters. The second kappa shape index (κ2) is 5.71. The lowest BCUT2D eigenvalue weighted by Crippen LogP contribution is -2.27. The normalized spacial score (nSPS) is 15.7. The molecular formula is C13H20N4O. The fraction of sp³-hybridized carbons (Fsp3) is 0.538. The number of hydrogen-bond acceptors (Lipinski definition) is 4. The van der Waals surface area contributed by atoms with Gasteiger partial charge in [-0.3, -0.25) is 4.98 Å². The van der Waals surface area contributed by atoms with Crippen molar-refractivity contribution >= 4 is 11.5 Å². The molecule has 1 aliphatic rings. The topological polar surface area (TPSA) is 74.7 Å². The van der Waals surface area contributed by atoms with Crippen molar-refractivity contribution in [3.05, 3.63) is 24.0 Å². The molecule has 98 valence electrons. The predicted molar refractivity (Wildman–Crippen MR) is 72.0 cm³/mol. The van der Waals surface area contributed by atoms with Gasteiger partial charge in [0.1, 0.15) is 5.69 Å². The molecule has 0 radical (unpaired) electrons. The van der Waals surface area contributed by atoms with Gasteiger partial charge in [-0.1, -0.05) is 18.5 Å². The van der Waals surface area contributed by atoms with Crippen molar-refractivity contribution in [2.45, 2.75) is 38.6 Å². The van der Waals surface area contributed by atoms with Crippen LogP contribution in [0.1, 0.15) is 38.3 Å². The third kappa shape index (κ3) is 2.91. The van der Waals surface area contributed by atoms with E-state index in [0.717, 1.165) is 12.2 Å². The van der Waals surface area contributed by atoms with Crippen LogP contribution in [0.5, 0.6) is 0 Å². The van der Waals surface area contributed by atoms with Crippen molar-refractivity contribution in [3.8, 4) is 0 Å². The number of nitrogens with zero attached hydrogens (tertiary/aromatic N) is 3. The van der Waals surface area contributed by atoms with E-state index in [0.29, 0.717) is 11.7 Å². The van der Waals surface area contributed by atoms with Gasteiger partial charge in [-0.15, -0.1) is 0 Å². The highest BCUT2D eigenvalue weighted by Crippen LogP contribution is 2.31. The smallest absolute Gasteiger partial charge is 0.188 e. The van der Waals surface area contributed by atoms with Gasteiger partial charge in [-0.2, -0.15) is 0 Å². The van der Waals surface area contributed by atoms with Gasteiger partial charge < -0.3 is 15.8 Å². The SMILES string of the molecule is CCCCN(c1ccnc(/C(N)=N/O)c1)C1CC1. The fourth-order valence-corrected chi connectivity index (χ4v) is 2.03. The molecule has 3 N–H and O–H groups in total. The summed E-state index contributed by atoms with van der Waals surface area (Å²) in [6, 6.07) is 4.53. The molecule has 0 saturated heterocycles. The minimum absolute atomic E-state index is 0.0584. The number of nitrogens with two attached hydrogens (primary N) is 1. The highest BCUT2D eigenvalue weighted by atomic mass is 16.4. The zero-order valence-corrected chi connectivity index (χ0v) is 10.7. The number of rotatable bonds is 6. The first-order chi connectivity index (χ1) is 8.76. The molecule has 1 aromatic heterocycles. The zero-order valence-electron chi connectivity index (χ0n) is 10.7. The molecule has 5 heteroatoms. The Morgan fingerprint density at radius 2 is 2.39 bits per heavy atom. The minimum atomic E-state index is 0.0584. The fourth-order valence-electron chi connectivity index (χ4n) is 2.03. The van der Waals surface area contributed by atoms with E-state index in [-0.39, 0.29) is 5.84 Å². The number of unbranched alkanes of at least 4 members (excludes halogenated alkanes) is 1. The van der Waals surface area contributed by atoms with Crippen LogP contribution in [0.15, 0.2) is 23.5 Å². The van der Waals surface area contributed by atoms with Gasteiger partial charge >= 0.3 is 0 Å². The predicted octanol–water partition coefficient (Wildman–Crippen LogP) is 1.95. The Labute approximate surface area is 107 Å². The van der Waals surface area contributed by atoms with Crippen molar-refractivity contribution in [2.24, 2.45) is 10.9 Å². The maximum absolute atomic E-state index is 8.69. The Kier molecular flexibility index (Phi) is 4.02. The lowest BCUT2D eigenvalue weighted by atomic mass is 10.2. The Morgan fingerprint density at radius 1 is 1.61 bits per heavy atom. The van der Waals surface area contributed by atoms with E-state index in [1.54, 1.807) is 6.20 Å². The molecule has 0 atom stereocenters. The van der Waals surface area contributed by atoms with E-state index in [2.05, 4.69) is 22.0 Å². The van der Waals surface area contributed by atoms with E-state index >= 15 is 0 Å². The van der Waals surface area contributed by atoms with Crippen molar-refractivity contribution in [1.29, 1.82) is 0 Å². The van der Waals surface area contributed by atoms with Crippen LogP contribution in [-0.2, 0) is 0 Å². The van der Waals surface area contributed by atoms with Crippen LogP contribution in [0.25, 0.3) is 0 Å². The van der Waals surface area contributed by atoms with Gasteiger partial charge in [0.15, 0.2) is 5.84 Å². The maximum atomic E-state index is 8.69. The van der Waals surface area contributed by atoms with Crippen molar-refractivity contribution in [1.82, 2.24) is 4.98 Å². The molecule has 1 aromatic rings. The third-order valence-electron chi connectivity index (χ3n) is 3.19. The second-order valence-electron chi connectivity index (χ2n) is 4.66. The summed E-state index contributed by atoms with van der Waals surface area (Å²) in [6.07, 6.45) is 6.58. The first-order valence-electron chi connectivity index (χ1n) is 6.47. The molecule has 0 aromatic carbocycles. The van der Waals surface area contributed by atoms with E-state index in [1.807, 2.05) is 12.1 Å². The van der Waals surface area contributed by atoms with Gasteiger partial charge in [0.2, 0.25) is 0 Å². The highest BCUT2D eigenvalue weighted by Gasteiger charge is 2.29. The molecule has 1 fully saturated rings. The molecule has 5 nitrogen and oxygen atoms in total. The summed E-state index contributed by atoms with van der Waals surface area (Å²) < 4.78 is 0. The van der Waals surface area contributed by atoms with E-state index in [9.17, 15) is 0 Å². The molecular weight excluding hydrogens is 228 g/mol. The molecule has 0 bridgehead atoms. The quantitative estimate of drug-likeness (QED) is 0.349. The van der Waals surface area contributed by atoms with Crippen LogP contribution < -0.4 is 10.6 Å². The van der Waals surface area contributed by atoms with Crippen molar-refractivity contribution < 1.29 is 5.21 Å². The Balaban J connectivity index is 2.19. The largest absolute Gasteiger partial charge is 0.409 e. The number of oxime groups is 1. The minimum Gasteiger partial charge on any atom is -0.409 e. The van der Waals surface area contributed by atoms with Crippen molar-refractivity contribution in [2.75, 3.05) is 11.4 Å². The van der Waals surface area contributed by atoms with Crippen LogP contribution in [0.2, 0.25) is 0 Å². The first kappa shape index (κ1) is 12.7. The molecule has 1 heterocycles. The summed E-state index contributed by atoms with van der Waals surface area (Å²) in [5.74, 6) is 0.0584. The summed E-state index contributed by atoms with van der Waals surface area (Å²) in [5, 5.41) is 11.7.